The van der Waals surface area contributed by atoms with Crippen LogP contribution in [0.2, 0.25) is 0 Å². The van der Waals surface area contributed by atoms with Crippen molar-refractivity contribution in [2.75, 3.05) is 0 Å². The third kappa shape index (κ3) is 1.49. The molecule has 5 rings (SSSR count). The number of ether oxygens (including phenoxy) is 2. The van der Waals surface area contributed by atoms with Crippen molar-refractivity contribution < 1.29 is 19.1 Å². The third-order valence-corrected chi connectivity index (χ3v) is 13.1. The van der Waals surface area contributed by atoms with Crippen LogP contribution in [0.4, 0.5) is 0 Å². The molecule has 2 saturated carbocycles. The molecule has 2 bridgehead atoms. The zero-order chi connectivity index (χ0) is 14.8. The van der Waals surface area contributed by atoms with Gasteiger partial charge in [0.25, 0.3) is 0 Å². The number of nitrogens with one attached hydrogen (secondary N) is 1. The van der Waals surface area contributed by atoms with E-state index in [2.05, 4.69) is 8.67 Å². The Morgan fingerprint density at radius 2 is 2.38 bits per heavy atom. The molecule has 3 radical (unpaired) electrons. The summed E-state index contributed by atoms with van der Waals surface area (Å²) in [6.45, 7) is 1.98. The van der Waals surface area contributed by atoms with Crippen molar-refractivity contribution in [3.05, 3.63) is 0 Å². The molecule has 3 aliphatic heterocycles. The second kappa shape index (κ2) is 3.76. The van der Waals surface area contributed by atoms with Gasteiger partial charge < -0.3 is 0 Å². The van der Waals surface area contributed by atoms with E-state index in [-0.39, 0.29) is 44.8 Å². The topological polar surface area (TPSA) is 74.5 Å². The number of esters is 2. The summed E-state index contributed by atoms with van der Waals surface area (Å²) in [6.07, 6.45) is 1.10. The Kier molecular flexibility index (Phi) is 2.49. The summed E-state index contributed by atoms with van der Waals surface area (Å²) in [5.74, 6) is -0.0675. The number of rotatable bonds is 3. The molecule has 5 fully saturated rings. The summed E-state index contributed by atoms with van der Waals surface area (Å²) in [6, 6.07) is 0. The van der Waals surface area contributed by atoms with Gasteiger partial charge in [0.15, 0.2) is 0 Å². The van der Waals surface area contributed by atoms with Crippen LogP contribution in [0.25, 0.3) is 0 Å². The Balaban J connectivity index is 1.37. The molecule has 5 nitrogen and oxygen atoms in total. The zero-order valence-corrected chi connectivity index (χ0v) is 15.6. The van der Waals surface area contributed by atoms with Crippen molar-refractivity contribution in [3.8, 4) is 0 Å². The van der Waals surface area contributed by atoms with E-state index in [0.29, 0.717) is 0 Å². The van der Waals surface area contributed by atoms with Crippen LogP contribution in [-0.2, 0) is 19.1 Å². The van der Waals surface area contributed by atoms with E-state index in [1.807, 2.05) is 29.5 Å². The normalized spacial score (nSPS) is 55.3. The molecule has 3 saturated heterocycles. The maximum absolute atomic E-state index is 12.5. The Morgan fingerprint density at radius 1 is 1.71 bits per heavy atom. The molecule has 0 aromatic rings. The quantitative estimate of drug-likeness (QED) is 0.114. The van der Waals surface area contributed by atoms with E-state index in [0.717, 1.165) is 12.8 Å². The van der Waals surface area contributed by atoms with Crippen molar-refractivity contribution in [1.29, 1.82) is 0 Å². The minimum absolute atomic E-state index is 0.126. The summed E-state index contributed by atoms with van der Waals surface area (Å²) in [4.78, 5) is 24.5. The van der Waals surface area contributed by atoms with Gasteiger partial charge in [0.2, 0.25) is 0 Å². The molecule has 3 heterocycles. The fourth-order valence-electron chi connectivity index (χ4n) is 4.33. The van der Waals surface area contributed by atoms with E-state index in [4.69, 9.17) is 17.3 Å². The van der Waals surface area contributed by atoms with E-state index in [9.17, 15) is 9.59 Å². The number of hydrogen-bond acceptors (Lipinski definition) is 5. The molecule has 21 heavy (non-hydrogen) atoms. The molecular weight excluding hydrogens is 498 g/mol. The first-order valence-electron chi connectivity index (χ1n) is 7.02. The molecule has 0 aromatic heterocycles. The molecule has 2 aliphatic carbocycles. The van der Waals surface area contributed by atoms with Crippen LogP contribution in [0.5, 0.6) is 0 Å². The molecule has 1 N–H and O–H groups in total. The van der Waals surface area contributed by atoms with E-state index >= 15 is 0 Å². The van der Waals surface area contributed by atoms with Crippen molar-refractivity contribution in [2.45, 2.75) is 38.7 Å². The average molecular weight is 510 g/mol. The Labute approximate surface area is 145 Å². The summed E-state index contributed by atoms with van der Waals surface area (Å²) >= 11 is 0.812. The van der Waals surface area contributed by atoms with Crippen LogP contribution in [-0.4, -0.2) is 43.9 Å². The fraction of sp³-hybridized carbons (Fsp3) is 0.833. The first-order valence-corrected chi connectivity index (χ1v) is 11.5. The summed E-state index contributed by atoms with van der Waals surface area (Å²) in [5, 5.41) is 2.18. The zero-order valence-electron chi connectivity index (χ0n) is 11.3. The summed E-state index contributed by atoms with van der Waals surface area (Å²) in [7, 11) is 6.22. The van der Waals surface area contributed by atoms with Crippen molar-refractivity contribution in [1.82, 2.24) is 3.53 Å². The van der Waals surface area contributed by atoms with Crippen LogP contribution < -0.4 is 3.53 Å². The van der Waals surface area contributed by atoms with Gasteiger partial charge in [0.1, 0.15) is 0 Å². The Bertz CT molecular complexity index is 596. The van der Waals surface area contributed by atoms with Crippen LogP contribution in [0.3, 0.4) is 0 Å². The number of carbonyl (C=O) groups is 2. The Hall–Kier alpha value is 0.490. The van der Waals surface area contributed by atoms with E-state index in [1.165, 1.54) is 0 Å². The molecular formula is C12H12B2I2NO4. The van der Waals surface area contributed by atoms with Crippen LogP contribution >= 0.6 is 42.5 Å². The number of fused-ring (bicyclic) bond motifs is 2. The van der Waals surface area contributed by atoms with Crippen LogP contribution in [0, 0.1) is 17.3 Å². The average Bonchev–Trinajstić information content (AvgIpc) is 3.18. The molecule has 0 aromatic carbocycles. The molecule has 109 valence electrons. The van der Waals surface area contributed by atoms with Crippen molar-refractivity contribution >= 4 is 67.4 Å². The van der Waals surface area contributed by atoms with E-state index in [1.54, 1.807) is 0 Å². The maximum atomic E-state index is 12.5. The number of carbonyl (C=O) groups excluding carboxylic acids is 2. The van der Waals surface area contributed by atoms with Gasteiger partial charge >= 0.3 is 146 Å². The second-order valence-corrected chi connectivity index (χ2v) is 13.3. The first kappa shape index (κ1) is 13.9. The van der Waals surface area contributed by atoms with Gasteiger partial charge in [0, 0.05) is 0 Å². The predicted molar refractivity (Wildman–Crippen MR) is 92.2 cm³/mol. The SMILES string of the molecule is [B]C(I)(C(=O)OC1C2CC3C1OC(=O)C3(C)C2)C12[B]I1N2. The van der Waals surface area contributed by atoms with Gasteiger partial charge in [-0.15, -0.1) is 0 Å². The molecule has 0 amide bonds. The standard InChI is InChI=1S/C12H12B2I2NO4/c1-10-3-4-2-5(10)7(21-8(10)18)6(4)20-9(19)11(13,15)12-14-16(12)17-12/h4-7,17H,2-3H2,1H3. The summed E-state index contributed by atoms with van der Waals surface area (Å²) in [5.41, 5.74) is -0.359. The Morgan fingerprint density at radius 3 is 3.00 bits per heavy atom. The van der Waals surface area contributed by atoms with Gasteiger partial charge in [-0.05, 0) is 0 Å². The van der Waals surface area contributed by atoms with E-state index < -0.39 is 23.2 Å². The fourth-order valence-corrected chi connectivity index (χ4v) is 12.3. The van der Waals surface area contributed by atoms with Gasteiger partial charge in [-0.1, -0.05) is 0 Å². The van der Waals surface area contributed by atoms with Gasteiger partial charge in [-0.25, -0.2) is 0 Å². The van der Waals surface area contributed by atoms with Gasteiger partial charge in [-0.2, -0.15) is 0 Å². The third-order valence-electron chi connectivity index (χ3n) is 5.76. The van der Waals surface area contributed by atoms with Crippen molar-refractivity contribution in [2.24, 2.45) is 17.3 Å². The van der Waals surface area contributed by atoms with Gasteiger partial charge in [-0.3, -0.25) is 0 Å². The molecule has 9 heteroatoms. The molecule has 0 spiro atoms. The van der Waals surface area contributed by atoms with Gasteiger partial charge in [0.05, 0.1) is 0 Å². The summed E-state index contributed by atoms with van der Waals surface area (Å²) < 4.78 is 13.3. The predicted octanol–water partition coefficient (Wildman–Crippen LogP) is 0.481. The number of alkyl halides is 2. The van der Waals surface area contributed by atoms with Crippen LogP contribution in [0.1, 0.15) is 19.8 Å². The van der Waals surface area contributed by atoms with Crippen molar-refractivity contribution in [3.63, 3.8) is 0 Å². The molecule has 7 unspecified atom stereocenters. The molecule has 7 atom stereocenters. The monoisotopic (exact) mass is 510 g/mol. The second-order valence-electron chi connectivity index (χ2n) is 6.90. The minimum atomic E-state index is -1.19. The van der Waals surface area contributed by atoms with Crippen LogP contribution in [0.15, 0.2) is 0 Å². The number of hydrogen-bond donors (Lipinski definition) is 1. The molecule has 5 aliphatic rings. The number of halogens is 2. The first-order chi connectivity index (χ1) is 9.79.